The molecular formula is C19H29N3O2. The highest BCUT2D eigenvalue weighted by molar-refractivity contribution is 5.89. The molecule has 132 valence electrons. The largest absolute Gasteiger partial charge is 0.339 e. The number of benzene rings is 1. The Hall–Kier alpha value is -1.88. The highest BCUT2D eigenvalue weighted by Gasteiger charge is 2.33. The lowest BCUT2D eigenvalue weighted by molar-refractivity contribution is -0.148. The van der Waals surface area contributed by atoms with Crippen LogP contribution >= 0.6 is 0 Å². The topological polar surface area (TPSA) is 43.9 Å². The molecule has 2 amide bonds. The monoisotopic (exact) mass is 331 g/mol. The van der Waals surface area contributed by atoms with Gasteiger partial charge in [-0.3, -0.25) is 14.5 Å². The van der Waals surface area contributed by atoms with Gasteiger partial charge in [-0.05, 0) is 38.6 Å². The fourth-order valence-electron chi connectivity index (χ4n) is 3.18. The number of hydrogen-bond acceptors (Lipinski definition) is 3. The van der Waals surface area contributed by atoms with Crippen molar-refractivity contribution >= 4 is 11.8 Å². The molecule has 0 bridgehead atoms. The van der Waals surface area contributed by atoms with Crippen LogP contribution in [-0.4, -0.2) is 66.8 Å². The van der Waals surface area contributed by atoms with Crippen LogP contribution in [0.15, 0.2) is 24.3 Å². The first-order chi connectivity index (χ1) is 11.5. The Balaban J connectivity index is 2.12. The lowest BCUT2D eigenvalue weighted by atomic mass is 9.99. The van der Waals surface area contributed by atoms with E-state index in [9.17, 15) is 9.59 Å². The minimum absolute atomic E-state index is 0.0118. The van der Waals surface area contributed by atoms with E-state index in [-0.39, 0.29) is 24.4 Å². The summed E-state index contributed by atoms with van der Waals surface area (Å²) in [5, 5.41) is 0. The number of aryl methyl sites for hydroxylation is 1. The van der Waals surface area contributed by atoms with Crippen LogP contribution in [0.4, 0.5) is 0 Å². The van der Waals surface area contributed by atoms with Crippen LogP contribution in [0.25, 0.3) is 0 Å². The van der Waals surface area contributed by atoms with Gasteiger partial charge in [0, 0.05) is 19.6 Å². The quantitative estimate of drug-likeness (QED) is 0.801. The fraction of sp³-hybridized carbons (Fsp3) is 0.579. The van der Waals surface area contributed by atoms with Gasteiger partial charge in [0.05, 0.1) is 6.54 Å². The Labute approximate surface area is 145 Å². The Morgan fingerprint density at radius 1 is 1.25 bits per heavy atom. The molecule has 1 aliphatic rings. The van der Waals surface area contributed by atoms with Crippen LogP contribution in [0.5, 0.6) is 0 Å². The molecule has 1 saturated heterocycles. The molecule has 0 unspecified atom stereocenters. The second-order valence-corrected chi connectivity index (χ2v) is 6.72. The summed E-state index contributed by atoms with van der Waals surface area (Å²) in [6.07, 6.45) is 2.09. The number of piperazine rings is 1. The van der Waals surface area contributed by atoms with Crippen molar-refractivity contribution in [1.82, 2.24) is 14.7 Å². The highest BCUT2D eigenvalue weighted by Crippen LogP contribution is 2.24. The molecule has 0 radical (unpaired) electrons. The van der Waals surface area contributed by atoms with Crippen LogP contribution in [0.3, 0.4) is 0 Å². The first-order valence-corrected chi connectivity index (χ1v) is 8.74. The summed E-state index contributed by atoms with van der Waals surface area (Å²) < 4.78 is 0. The van der Waals surface area contributed by atoms with E-state index in [1.165, 1.54) is 0 Å². The van der Waals surface area contributed by atoms with Crippen LogP contribution in [0, 0.1) is 6.92 Å². The summed E-state index contributed by atoms with van der Waals surface area (Å²) in [7, 11) is 3.82. The van der Waals surface area contributed by atoms with E-state index < -0.39 is 0 Å². The normalized spacial score (nSPS) is 16.6. The first-order valence-electron chi connectivity index (χ1n) is 8.74. The zero-order valence-electron chi connectivity index (χ0n) is 15.3. The van der Waals surface area contributed by atoms with E-state index in [4.69, 9.17) is 0 Å². The lowest BCUT2D eigenvalue weighted by Crippen LogP contribution is -2.54. The summed E-state index contributed by atoms with van der Waals surface area (Å²) in [5.74, 6) is 0.0723. The SMILES string of the molecule is CCCCN1CCN(C(=O)[C@@H](c2ccccc2C)N(C)C)CC1=O. The van der Waals surface area contributed by atoms with Gasteiger partial charge in [-0.2, -0.15) is 0 Å². The average molecular weight is 331 g/mol. The van der Waals surface area contributed by atoms with Gasteiger partial charge in [0.25, 0.3) is 0 Å². The van der Waals surface area contributed by atoms with E-state index in [0.29, 0.717) is 13.1 Å². The van der Waals surface area contributed by atoms with Gasteiger partial charge in [0.2, 0.25) is 11.8 Å². The summed E-state index contributed by atoms with van der Waals surface area (Å²) in [6, 6.07) is 7.61. The van der Waals surface area contributed by atoms with Gasteiger partial charge in [-0.1, -0.05) is 37.6 Å². The Morgan fingerprint density at radius 2 is 1.96 bits per heavy atom. The summed E-state index contributed by atoms with van der Waals surface area (Å²) in [4.78, 5) is 30.9. The first kappa shape index (κ1) is 18.5. The van der Waals surface area contributed by atoms with Crippen molar-refractivity contribution in [2.75, 3.05) is 40.3 Å². The Bertz CT molecular complexity index is 586. The minimum Gasteiger partial charge on any atom is -0.339 e. The Kier molecular flexibility index (Phi) is 6.37. The molecule has 0 saturated carbocycles. The molecule has 24 heavy (non-hydrogen) atoms. The van der Waals surface area contributed by atoms with Gasteiger partial charge < -0.3 is 9.80 Å². The zero-order valence-corrected chi connectivity index (χ0v) is 15.3. The molecule has 1 atom stereocenters. The third-order valence-corrected chi connectivity index (χ3v) is 4.65. The van der Waals surface area contributed by atoms with Gasteiger partial charge in [-0.25, -0.2) is 0 Å². The third kappa shape index (κ3) is 4.15. The van der Waals surface area contributed by atoms with Crippen molar-refractivity contribution in [2.24, 2.45) is 0 Å². The van der Waals surface area contributed by atoms with Crippen LogP contribution < -0.4 is 0 Å². The number of hydrogen-bond donors (Lipinski definition) is 0. The average Bonchev–Trinajstić information content (AvgIpc) is 2.55. The van der Waals surface area contributed by atoms with E-state index in [1.54, 1.807) is 4.90 Å². The molecule has 0 aromatic heterocycles. The molecule has 0 N–H and O–H groups in total. The molecule has 5 nitrogen and oxygen atoms in total. The van der Waals surface area contributed by atoms with Crippen LogP contribution in [0.1, 0.15) is 36.9 Å². The van der Waals surface area contributed by atoms with E-state index in [0.717, 1.165) is 30.5 Å². The zero-order chi connectivity index (χ0) is 17.7. The summed E-state index contributed by atoms with van der Waals surface area (Å²) >= 11 is 0. The molecule has 1 aliphatic heterocycles. The molecule has 1 aromatic carbocycles. The van der Waals surface area contributed by atoms with Crippen LogP contribution in [0.2, 0.25) is 0 Å². The summed E-state index contributed by atoms with van der Waals surface area (Å²) in [6.45, 7) is 6.38. The van der Waals surface area contributed by atoms with Crippen molar-refractivity contribution < 1.29 is 9.59 Å². The van der Waals surface area contributed by atoms with Gasteiger partial charge in [-0.15, -0.1) is 0 Å². The standard InChI is InChI=1S/C19H29N3O2/c1-5-6-11-21-12-13-22(14-17(21)23)19(24)18(20(3)4)16-10-8-7-9-15(16)2/h7-10,18H,5-6,11-14H2,1-4H3/t18-/m1/s1. The Morgan fingerprint density at radius 3 is 2.54 bits per heavy atom. The smallest absolute Gasteiger partial charge is 0.245 e. The lowest BCUT2D eigenvalue weighted by Gasteiger charge is -2.37. The van der Waals surface area contributed by atoms with E-state index in [1.807, 2.05) is 55.1 Å². The van der Waals surface area contributed by atoms with E-state index in [2.05, 4.69) is 6.92 Å². The van der Waals surface area contributed by atoms with Crippen molar-refractivity contribution in [3.05, 3.63) is 35.4 Å². The fourth-order valence-corrected chi connectivity index (χ4v) is 3.18. The molecule has 2 rings (SSSR count). The maximum atomic E-state index is 13.1. The number of unbranched alkanes of at least 4 members (excludes halogenated alkanes) is 1. The molecule has 5 heteroatoms. The van der Waals surface area contributed by atoms with Gasteiger partial charge >= 0.3 is 0 Å². The van der Waals surface area contributed by atoms with Gasteiger partial charge in [0.15, 0.2) is 0 Å². The number of likely N-dealkylation sites (N-methyl/N-ethyl adjacent to an activating group) is 1. The molecule has 0 aliphatic carbocycles. The minimum atomic E-state index is -0.346. The summed E-state index contributed by atoms with van der Waals surface area (Å²) in [5.41, 5.74) is 2.10. The number of carbonyl (C=O) groups excluding carboxylic acids is 2. The third-order valence-electron chi connectivity index (χ3n) is 4.65. The number of nitrogens with zero attached hydrogens (tertiary/aromatic N) is 3. The molecule has 1 heterocycles. The number of rotatable bonds is 6. The number of carbonyl (C=O) groups is 2. The second-order valence-electron chi connectivity index (χ2n) is 6.72. The van der Waals surface area contributed by atoms with Crippen molar-refractivity contribution in [3.63, 3.8) is 0 Å². The predicted molar refractivity (Wildman–Crippen MR) is 95.7 cm³/mol. The van der Waals surface area contributed by atoms with Crippen molar-refractivity contribution in [2.45, 2.75) is 32.7 Å². The van der Waals surface area contributed by atoms with Crippen molar-refractivity contribution in [1.29, 1.82) is 0 Å². The van der Waals surface area contributed by atoms with E-state index >= 15 is 0 Å². The number of amides is 2. The molecule has 1 aromatic rings. The predicted octanol–water partition coefficient (Wildman–Crippen LogP) is 2.07. The van der Waals surface area contributed by atoms with Gasteiger partial charge in [0.1, 0.15) is 6.04 Å². The molecule has 1 fully saturated rings. The molecule has 0 spiro atoms. The second kappa shape index (κ2) is 8.29. The van der Waals surface area contributed by atoms with Crippen molar-refractivity contribution in [3.8, 4) is 0 Å². The maximum absolute atomic E-state index is 13.1. The molecular weight excluding hydrogens is 302 g/mol. The highest BCUT2D eigenvalue weighted by atomic mass is 16.2. The van der Waals surface area contributed by atoms with Crippen LogP contribution in [-0.2, 0) is 9.59 Å². The maximum Gasteiger partial charge on any atom is 0.245 e.